The number of benzene rings is 8. The van der Waals surface area contributed by atoms with Gasteiger partial charge >= 0.3 is 0 Å². The molecule has 0 atom stereocenters. The zero-order valence-corrected chi connectivity index (χ0v) is 23.5. The predicted molar refractivity (Wildman–Crippen MR) is 180 cm³/mol. The van der Waals surface area contributed by atoms with E-state index in [1.54, 1.807) is 7.11 Å². The summed E-state index contributed by atoms with van der Waals surface area (Å²) in [5, 5.41) is 9.99. The number of hydrogen-bond acceptors (Lipinski definition) is 1. The fourth-order valence-corrected chi connectivity index (χ4v) is 6.15. The lowest BCUT2D eigenvalue weighted by Gasteiger charge is -2.17. The van der Waals surface area contributed by atoms with Crippen molar-refractivity contribution in [1.29, 1.82) is 0 Å². The van der Waals surface area contributed by atoms with Gasteiger partial charge in [-0.1, -0.05) is 158 Å². The smallest absolute Gasteiger partial charge is 0.134 e. The molecule has 0 aliphatic carbocycles. The summed E-state index contributed by atoms with van der Waals surface area (Å²) < 4.78 is 5.54. The predicted octanol–water partition coefficient (Wildman–Crippen LogP) is 11.3. The first kappa shape index (κ1) is 25.6. The molecule has 0 saturated carbocycles. The van der Waals surface area contributed by atoms with Gasteiger partial charge in [0.1, 0.15) is 5.75 Å². The molecular weight excluding hydrogens is 508 g/mol. The van der Waals surface area contributed by atoms with Crippen LogP contribution >= 0.6 is 0 Å². The average molecular weight is 539 g/mol. The summed E-state index contributed by atoms with van der Waals surface area (Å²) >= 11 is 0. The van der Waals surface area contributed by atoms with Gasteiger partial charge in [0.2, 0.25) is 0 Å². The molecule has 0 bridgehead atoms. The molecule has 0 heterocycles. The van der Waals surface area contributed by atoms with Crippen LogP contribution in [0.15, 0.2) is 164 Å². The van der Waals surface area contributed by atoms with Crippen molar-refractivity contribution in [2.24, 2.45) is 0 Å². The third kappa shape index (κ3) is 4.56. The largest absolute Gasteiger partial charge is 0.495 e. The van der Waals surface area contributed by atoms with Crippen LogP contribution < -0.4 is 4.74 Å². The first-order valence-electron chi connectivity index (χ1n) is 14.3. The first-order valence-corrected chi connectivity index (χ1v) is 14.3. The monoisotopic (exact) mass is 538 g/mol. The number of hydrogen-bond donors (Lipinski definition) is 0. The molecule has 0 aromatic heterocycles. The van der Waals surface area contributed by atoms with Crippen molar-refractivity contribution in [3.05, 3.63) is 164 Å². The molecule has 0 saturated heterocycles. The van der Waals surface area contributed by atoms with Crippen molar-refractivity contribution in [2.45, 2.75) is 0 Å². The van der Waals surface area contributed by atoms with Crippen LogP contribution in [0.5, 0.6) is 5.75 Å². The zero-order valence-electron chi connectivity index (χ0n) is 23.5. The van der Waals surface area contributed by atoms with E-state index in [-0.39, 0.29) is 0 Å². The standard InChI is InChI=1S/C26H18.C15H12O/c1-3-11-19(12-4-1)25-21-15-7-9-17-23(21)26(20-13-5-2-6-14-20)24-18-10-8-16-22(24)25;1-16-15-13-8-4-2-6-11(13)10-12-7-3-5-9-14(12)15/h1-18H;2-10H,1H3. The van der Waals surface area contributed by atoms with E-state index in [0.717, 1.165) is 5.75 Å². The van der Waals surface area contributed by atoms with Gasteiger partial charge in [0.05, 0.1) is 7.11 Å². The Hall–Kier alpha value is -5.40. The third-order valence-corrected chi connectivity index (χ3v) is 7.98. The molecule has 8 rings (SSSR count). The van der Waals surface area contributed by atoms with Gasteiger partial charge in [0.25, 0.3) is 0 Å². The number of fused-ring (bicyclic) bond motifs is 4. The molecule has 0 radical (unpaired) electrons. The molecule has 0 aliphatic heterocycles. The van der Waals surface area contributed by atoms with Gasteiger partial charge in [-0.3, -0.25) is 0 Å². The summed E-state index contributed by atoms with van der Waals surface area (Å²) in [6.45, 7) is 0. The number of ether oxygens (including phenoxy) is 1. The first-order chi connectivity index (χ1) is 20.8. The van der Waals surface area contributed by atoms with Gasteiger partial charge < -0.3 is 4.74 Å². The SMILES string of the molecule is COc1c2ccccc2cc2ccccc12.c1ccc(-c2c3ccccc3c(-c3ccccc3)c3ccccc23)cc1. The van der Waals surface area contributed by atoms with Crippen LogP contribution in [0.2, 0.25) is 0 Å². The summed E-state index contributed by atoms with van der Waals surface area (Å²) in [5.74, 6) is 0.966. The maximum Gasteiger partial charge on any atom is 0.134 e. The second kappa shape index (κ2) is 11.2. The highest BCUT2D eigenvalue weighted by molar-refractivity contribution is 6.21. The quantitative estimate of drug-likeness (QED) is 0.203. The molecule has 0 unspecified atom stereocenters. The van der Waals surface area contributed by atoms with Gasteiger partial charge in [0, 0.05) is 10.8 Å². The minimum absolute atomic E-state index is 0.966. The van der Waals surface area contributed by atoms with Crippen molar-refractivity contribution < 1.29 is 4.74 Å². The Kier molecular flexibility index (Phi) is 6.84. The summed E-state index contributed by atoms with van der Waals surface area (Å²) in [7, 11) is 1.73. The van der Waals surface area contributed by atoms with E-state index in [2.05, 4.69) is 152 Å². The van der Waals surface area contributed by atoms with Crippen molar-refractivity contribution in [3.8, 4) is 28.0 Å². The summed E-state index contributed by atoms with van der Waals surface area (Å²) in [6.07, 6.45) is 0. The summed E-state index contributed by atoms with van der Waals surface area (Å²) in [6, 6.07) is 57.8. The second-order valence-electron chi connectivity index (χ2n) is 10.4. The molecule has 0 spiro atoms. The molecule has 0 aliphatic rings. The molecule has 0 N–H and O–H groups in total. The summed E-state index contributed by atoms with van der Waals surface area (Å²) in [5.41, 5.74) is 5.16. The highest BCUT2D eigenvalue weighted by Gasteiger charge is 2.15. The van der Waals surface area contributed by atoms with Gasteiger partial charge in [-0.25, -0.2) is 0 Å². The van der Waals surface area contributed by atoms with E-state index < -0.39 is 0 Å². The van der Waals surface area contributed by atoms with Crippen molar-refractivity contribution in [3.63, 3.8) is 0 Å². The molecule has 1 nitrogen and oxygen atoms in total. The van der Waals surface area contributed by atoms with Gasteiger partial charge in [-0.15, -0.1) is 0 Å². The molecular formula is C41H30O. The van der Waals surface area contributed by atoms with Crippen molar-refractivity contribution in [2.75, 3.05) is 7.11 Å². The Bertz CT molecular complexity index is 1950. The van der Waals surface area contributed by atoms with E-state index in [9.17, 15) is 0 Å². The topological polar surface area (TPSA) is 9.23 Å². The fourth-order valence-electron chi connectivity index (χ4n) is 6.15. The van der Waals surface area contributed by atoms with Gasteiger partial charge in [0.15, 0.2) is 0 Å². The highest BCUT2D eigenvalue weighted by atomic mass is 16.5. The lowest BCUT2D eigenvalue weighted by molar-refractivity contribution is 0.424. The van der Waals surface area contributed by atoms with E-state index in [1.165, 1.54) is 65.3 Å². The minimum atomic E-state index is 0.966. The Morgan fingerprint density at radius 2 is 0.643 bits per heavy atom. The fraction of sp³-hybridized carbons (Fsp3) is 0.0244. The van der Waals surface area contributed by atoms with Crippen LogP contribution in [-0.2, 0) is 0 Å². The van der Waals surface area contributed by atoms with E-state index in [0.29, 0.717) is 0 Å². The van der Waals surface area contributed by atoms with Crippen LogP contribution in [0.4, 0.5) is 0 Å². The maximum atomic E-state index is 5.54. The Labute approximate surface area is 246 Å². The zero-order chi connectivity index (χ0) is 28.3. The molecule has 1 heteroatoms. The highest BCUT2D eigenvalue weighted by Crippen LogP contribution is 2.43. The van der Waals surface area contributed by atoms with Crippen LogP contribution in [0.1, 0.15) is 0 Å². The Morgan fingerprint density at radius 1 is 0.333 bits per heavy atom. The van der Waals surface area contributed by atoms with E-state index in [4.69, 9.17) is 4.74 Å². The van der Waals surface area contributed by atoms with Crippen LogP contribution in [0.3, 0.4) is 0 Å². The van der Waals surface area contributed by atoms with E-state index >= 15 is 0 Å². The Morgan fingerprint density at radius 3 is 1.00 bits per heavy atom. The second-order valence-corrected chi connectivity index (χ2v) is 10.4. The average Bonchev–Trinajstić information content (AvgIpc) is 3.07. The van der Waals surface area contributed by atoms with E-state index in [1.807, 2.05) is 12.1 Å². The molecule has 0 amide bonds. The molecule has 8 aromatic rings. The lowest BCUT2D eigenvalue weighted by Crippen LogP contribution is -1.90. The van der Waals surface area contributed by atoms with Crippen molar-refractivity contribution >= 4 is 43.1 Å². The van der Waals surface area contributed by atoms with Crippen molar-refractivity contribution in [1.82, 2.24) is 0 Å². The van der Waals surface area contributed by atoms with Gasteiger partial charge in [-0.05, 0) is 60.6 Å². The summed E-state index contributed by atoms with van der Waals surface area (Å²) in [4.78, 5) is 0. The van der Waals surface area contributed by atoms with Gasteiger partial charge in [-0.2, -0.15) is 0 Å². The molecule has 8 aromatic carbocycles. The van der Waals surface area contributed by atoms with Crippen LogP contribution in [0, 0.1) is 0 Å². The maximum absolute atomic E-state index is 5.54. The number of rotatable bonds is 3. The number of methoxy groups -OCH3 is 1. The minimum Gasteiger partial charge on any atom is -0.495 e. The van der Waals surface area contributed by atoms with Crippen LogP contribution in [0.25, 0.3) is 65.3 Å². The molecule has 0 fully saturated rings. The van der Waals surface area contributed by atoms with Crippen LogP contribution in [-0.4, -0.2) is 7.11 Å². The normalized spacial score (nSPS) is 11.0. The molecule has 200 valence electrons. The third-order valence-electron chi connectivity index (χ3n) is 7.98. The lowest BCUT2D eigenvalue weighted by atomic mass is 9.86. The molecule has 42 heavy (non-hydrogen) atoms. The Balaban J connectivity index is 0.000000154.